The number of carbonyl (C=O) groups excluding carboxylic acids is 2. The molecule has 0 saturated heterocycles. The standard InChI is InChI=1S/C19H17F3N2O4S/c1-27-11-4-5-14(28-2)12(8-11)23-17(25)9-16-18(26)24-13-7-10(19(20,21)22)3-6-15(13)29-16/h3-8,16H,9H2,1-2H3,(H,23,25)(H,24,26)/t16-/m0/s1. The number of ether oxygens (including phenoxy) is 2. The van der Waals surface area contributed by atoms with Crippen LogP contribution in [0.25, 0.3) is 0 Å². The van der Waals surface area contributed by atoms with Crippen molar-refractivity contribution in [3.63, 3.8) is 0 Å². The third kappa shape index (κ3) is 4.76. The summed E-state index contributed by atoms with van der Waals surface area (Å²) in [6.45, 7) is 0. The fourth-order valence-corrected chi connectivity index (χ4v) is 3.83. The number of thioether (sulfide) groups is 1. The number of carbonyl (C=O) groups is 2. The summed E-state index contributed by atoms with van der Waals surface area (Å²) in [6, 6.07) is 8.01. The molecular formula is C19H17F3N2O4S. The maximum Gasteiger partial charge on any atom is 0.416 e. The predicted molar refractivity (Wildman–Crippen MR) is 103 cm³/mol. The first-order chi connectivity index (χ1) is 13.7. The second kappa shape index (κ2) is 8.24. The maximum atomic E-state index is 12.8. The molecule has 6 nitrogen and oxygen atoms in total. The lowest BCUT2D eigenvalue weighted by Gasteiger charge is -2.24. The molecule has 0 unspecified atom stereocenters. The Balaban J connectivity index is 1.72. The third-order valence-electron chi connectivity index (χ3n) is 4.18. The molecule has 29 heavy (non-hydrogen) atoms. The third-order valence-corrected chi connectivity index (χ3v) is 5.45. The summed E-state index contributed by atoms with van der Waals surface area (Å²) in [7, 11) is 2.94. The minimum Gasteiger partial charge on any atom is -0.497 e. The Hall–Kier alpha value is -2.88. The average molecular weight is 426 g/mol. The molecule has 0 radical (unpaired) electrons. The van der Waals surface area contributed by atoms with E-state index in [-0.39, 0.29) is 12.1 Å². The van der Waals surface area contributed by atoms with Crippen molar-refractivity contribution < 1.29 is 32.2 Å². The second-order valence-electron chi connectivity index (χ2n) is 6.12. The highest BCUT2D eigenvalue weighted by atomic mass is 32.2. The fraction of sp³-hybridized carbons (Fsp3) is 0.263. The topological polar surface area (TPSA) is 76.7 Å². The lowest BCUT2D eigenvalue weighted by Crippen LogP contribution is -2.32. The van der Waals surface area contributed by atoms with Gasteiger partial charge in [-0.05, 0) is 30.3 Å². The van der Waals surface area contributed by atoms with Crippen molar-refractivity contribution in [2.24, 2.45) is 0 Å². The number of amides is 2. The molecule has 0 aliphatic carbocycles. The van der Waals surface area contributed by atoms with E-state index >= 15 is 0 Å². The molecule has 0 fully saturated rings. The van der Waals surface area contributed by atoms with E-state index in [0.29, 0.717) is 22.1 Å². The van der Waals surface area contributed by atoms with Crippen LogP contribution >= 0.6 is 11.8 Å². The highest BCUT2D eigenvalue weighted by Gasteiger charge is 2.34. The van der Waals surface area contributed by atoms with Crippen LogP contribution in [0.15, 0.2) is 41.3 Å². The van der Waals surface area contributed by atoms with Gasteiger partial charge in [0.15, 0.2) is 0 Å². The van der Waals surface area contributed by atoms with Gasteiger partial charge in [-0.3, -0.25) is 9.59 Å². The zero-order valence-corrected chi connectivity index (χ0v) is 16.2. The maximum absolute atomic E-state index is 12.8. The summed E-state index contributed by atoms with van der Waals surface area (Å²) in [5.74, 6) is -0.0423. The Morgan fingerprint density at radius 2 is 1.93 bits per heavy atom. The quantitative estimate of drug-likeness (QED) is 0.751. The molecule has 1 aliphatic heterocycles. The van der Waals surface area contributed by atoms with Crippen molar-refractivity contribution in [2.45, 2.75) is 22.7 Å². The van der Waals surface area contributed by atoms with E-state index in [1.165, 1.54) is 20.3 Å². The van der Waals surface area contributed by atoms with Gasteiger partial charge >= 0.3 is 6.18 Å². The largest absolute Gasteiger partial charge is 0.497 e. The molecule has 10 heteroatoms. The number of alkyl halides is 3. The van der Waals surface area contributed by atoms with Crippen LogP contribution in [0.3, 0.4) is 0 Å². The van der Waals surface area contributed by atoms with Gasteiger partial charge in [0.1, 0.15) is 11.5 Å². The lowest BCUT2D eigenvalue weighted by molar-refractivity contribution is -0.137. The van der Waals surface area contributed by atoms with Crippen LogP contribution in [-0.2, 0) is 15.8 Å². The summed E-state index contributed by atoms with van der Waals surface area (Å²) in [4.78, 5) is 25.2. The Morgan fingerprint density at radius 3 is 2.59 bits per heavy atom. The van der Waals surface area contributed by atoms with E-state index in [1.807, 2.05) is 0 Å². The molecule has 1 atom stereocenters. The summed E-state index contributed by atoms with van der Waals surface area (Å²) in [6.07, 6.45) is -4.67. The molecule has 1 heterocycles. The van der Waals surface area contributed by atoms with Crippen LogP contribution in [0.2, 0.25) is 0 Å². The van der Waals surface area contributed by atoms with E-state index < -0.39 is 28.8 Å². The van der Waals surface area contributed by atoms with Gasteiger partial charge in [-0.1, -0.05) is 0 Å². The van der Waals surface area contributed by atoms with Crippen molar-refractivity contribution in [2.75, 3.05) is 24.9 Å². The first-order valence-electron chi connectivity index (χ1n) is 8.42. The number of hydrogen-bond acceptors (Lipinski definition) is 5. The zero-order valence-electron chi connectivity index (χ0n) is 15.4. The summed E-state index contributed by atoms with van der Waals surface area (Å²) in [5, 5.41) is 4.34. The van der Waals surface area contributed by atoms with Crippen molar-refractivity contribution in [3.05, 3.63) is 42.0 Å². The van der Waals surface area contributed by atoms with Gasteiger partial charge < -0.3 is 20.1 Å². The number of fused-ring (bicyclic) bond motifs is 1. The van der Waals surface area contributed by atoms with Gasteiger partial charge in [-0.15, -0.1) is 11.8 Å². The SMILES string of the molecule is COc1ccc(OC)c(NC(=O)C[C@@H]2Sc3ccc(C(F)(F)F)cc3NC2=O)c1. The Morgan fingerprint density at radius 1 is 1.17 bits per heavy atom. The normalized spacial score (nSPS) is 15.9. The molecule has 2 aromatic rings. The number of methoxy groups -OCH3 is 2. The molecular weight excluding hydrogens is 409 g/mol. The molecule has 2 amide bonds. The summed E-state index contributed by atoms with van der Waals surface area (Å²) in [5.41, 5.74) is -0.382. The van der Waals surface area contributed by atoms with E-state index in [2.05, 4.69) is 10.6 Å². The number of benzene rings is 2. The fourth-order valence-electron chi connectivity index (χ4n) is 2.74. The summed E-state index contributed by atoms with van der Waals surface area (Å²) >= 11 is 1.04. The Kier molecular flexibility index (Phi) is 5.92. The van der Waals surface area contributed by atoms with Crippen molar-refractivity contribution in [3.8, 4) is 11.5 Å². The van der Waals surface area contributed by atoms with Crippen molar-refractivity contribution in [1.29, 1.82) is 0 Å². The van der Waals surface area contributed by atoms with Crippen LogP contribution in [0.4, 0.5) is 24.5 Å². The molecule has 2 aromatic carbocycles. The summed E-state index contributed by atoms with van der Waals surface area (Å²) < 4.78 is 48.8. The van der Waals surface area contributed by atoms with Crippen LogP contribution in [0, 0.1) is 0 Å². The second-order valence-corrected chi connectivity index (χ2v) is 7.37. The smallest absolute Gasteiger partial charge is 0.416 e. The van der Waals surface area contributed by atoms with Gasteiger partial charge in [0, 0.05) is 17.4 Å². The molecule has 0 aromatic heterocycles. The highest BCUT2D eigenvalue weighted by Crippen LogP contribution is 2.40. The van der Waals surface area contributed by atoms with Crippen molar-refractivity contribution in [1.82, 2.24) is 0 Å². The first-order valence-corrected chi connectivity index (χ1v) is 9.30. The van der Waals surface area contributed by atoms with Crippen LogP contribution in [0.1, 0.15) is 12.0 Å². The van der Waals surface area contributed by atoms with Crippen LogP contribution < -0.4 is 20.1 Å². The Bertz CT molecular complexity index is 950. The number of rotatable bonds is 5. The lowest BCUT2D eigenvalue weighted by atomic mass is 10.1. The van der Waals surface area contributed by atoms with Crippen LogP contribution in [-0.4, -0.2) is 31.3 Å². The number of halogens is 3. The Labute approximate surface area is 168 Å². The number of nitrogens with one attached hydrogen (secondary N) is 2. The highest BCUT2D eigenvalue weighted by molar-refractivity contribution is 8.01. The number of anilines is 2. The molecule has 1 aliphatic rings. The van der Waals surface area contributed by atoms with Gasteiger partial charge in [-0.25, -0.2) is 0 Å². The van der Waals surface area contributed by atoms with Crippen molar-refractivity contribution >= 4 is 35.0 Å². The monoisotopic (exact) mass is 426 g/mol. The average Bonchev–Trinajstić information content (AvgIpc) is 2.67. The van der Waals surface area contributed by atoms with Gasteiger partial charge in [0.25, 0.3) is 0 Å². The van der Waals surface area contributed by atoms with Gasteiger partial charge in [0.2, 0.25) is 11.8 Å². The van der Waals surface area contributed by atoms with E-state index in [9.17, 15) is 22.8 Å². The van der Waals surface area contributed by atoms with E-state index in [0.717, 1.165) is 23.9 Å². The molecule has 154 valence electrons. The molecule has 2 N–H and O–H groups in total. The molecule has 0 bridgehead atoms. The minimum atomic E-state index is -4.50. The minimum absolute atomic E-state index is 0.0842. The molecule has 0 saturated carbocycles. The van der Waals surface area contributed by atoms with Gasteiger partial charge in [-0.2, -0.15) is 13.2 Å². The predicted octanol–water partition coefficient (Wildman–Crippen LogP) is 4.16. The molecule has 0 spiro atoms. The zero-order chi connectivity index (χ0) is 21.2. The first kappa shape index (κ1) is 20.8. The van der Waals surface area contributed by atoms with Crippen LogP contribution in [0.5, 0.6) is 11.5 Å². The number of hydrogen-bond donors (Lipinski definition) is 2. The van der Waals surface area contributed by atoms with Gasteiger partial charge in [0.05, 0.1) is 36.4 Å². The van der Waals surface area contributed by atoms with E-state index in [1.54, 1.807) is 18.2 Å². The molecule has 3 rings (SSSR count). The van der Waals surface area contributed by atoms with E-state index in [4.69, 9.17) is 9.47 Å².